The average molecular weight is 603 g/mol. The fourth-order valence-electron chi connectivity index (χ4n) is 5.77. The minimum Gasteiger partial charge on any atom is -0.481 e. The zero-order chi connectivity index (χ0) is 29.4. The van der Waals surface area contributed by atoms with E-state index in [1.54, 1.807) is 0 Å². The Balaban J connectivity index is 1.69. The predicted molar refractivity (Wildman–Crippen MR) is 142 cm³/mol. The molecular weight excluding hydrogens is 572 g/mol. The van der Waals surface area contributed by atoms with Crippen molar-refractivity contribution in [3.63, 3.8) is 0 Å². The Hall–Kier alpha value is -2.66. The minimum atomic E-state index is -4.91. The number of Topliss-reactive ketones (excluding diaryl/α,β-unsaturated/α-hetero) is 1. The fourth-order valence-corrected chi connectivity index (χ4v) is 6.35. The molecule has 4 rings (SSSR count). The number of aliphatic carboxylic acids is 1. The zero-order valence-corrected chi connectivity index (χ0v) is 23.7. The molecule has 2 saturated carbocycles. The summed E-state index contributed by atoms with van der Waals surface area (Å²) in [7, 11) is 0. The number of alkyl halides is 3. The number of carbonyl (C=O) groups is 3. The van der Waals surface area contributed by atoms with Gasteiger partial charge >= 0.3 is 12.1 Å². The van der Waals surface area contributed by atoms with Crippen molar-refractivity contribution < 1.29 is 32.7 Å². The van der Waals surface area contributed by atoms with Gasteiger partial charge in [0.15, 0.2) is 11.5 Å². The number of nitrogens with zero attached hydrogens (tertiary/aromatic N) is 4. The lowest BCUT2D eigenvalue weighted by Crippen LogP contribution is -2.46. The standard InChI is InChI=1S/C27H31Cl2F3N4O4/c1-26(2)9-7-16(8-10-26)35(14-21(37)22-19(28)12-33-13-20(22)29)24(38)18-11-34-36(23(18)27(30,31)32)17-5-3-15(4-6-17)25(39)40/h11-13,15-17H,3-10,14H2,1-2H3,(H,39,40)/t15-,17-. The minimum absolute atomic E-state index is 0.00372. The fraction of sp³-hybridized carbons (Fsp3) is 0.593. The molecule has 2 aliphatic carbocycles. The molecular formula is C27H31Cl2F3N4O4. The van der Waals surface area contributed by atoms with E-state index < -0.39 is 59.6 Å². The SMILES string of the molecule is CC1(C)CCC(N(CC(=O)c2c(Cl)cncc2Cl)C(=O)c2cnn([C@H]3CC[C@H](C(=O)O)CC3)c2C(F)(F)F)CC1. The van der Waals surface area contributed by atoms with Gasteiger partial charge in [-0.3, -0.25) is 24.0 Å². The lowest BCUT2D eigenvalue weighted by Gasteiger charge is -2.40. The molecule has 0 radical (unpaired) electrons. The number of pyridine rings is 1. The molecule has 13 heteroatoms. The first-order valence-corrected chi connectivity index (χ1v) is 14.0. The topological polar surface area (TPSA) is 105 Å². The van der Waals surface area contributed by atoms with Gasteiger partial charge in [0, 0.05) is 18.4 Å². The summed E-state index contributed by atoms with van der Waals surface area (Å²) in [6.45, 7) is 3.66. The molecule has 8 nitrogen and oxygen atoms in total. The number of halogens is 5. The van der Waals surface area contributed by atoms with E-state index in [9.17, 15) is 32.7 Å². The Labute approximate surface area is 239 Å². The smallest absolute Gasteiger partial charge is 0.433 e. The van der Waals surface area contributed by atoms with E-state index in [4.69, 9.17) is 23.2 Å². The molecule has 0 aliphatic heterocycles. The van der Waals surface area contributed by atoms with Crippen LogP contribution in [0.4, 0.5) is 13.2 Å². The molecule has 1 amide bonds. The number of carboxylic acid groups (broad SMARTS) is 1. The van der Waals surface area contributed by atoms with Crippen LogP contribution in [0, 0.1) is 11.3 Å². The summed E-state index contributed by atoms with van der Waals surface area (Å²) in [5.74, 6) is -3.15. The van der Waals surface area contributed by atoms with Crippen LogP contribution in [-0.2, 0) is 11.0 Å². The van der Waals surface area contributed by atoms with E-state index in [0.29, 0.717) is 12.8 Å². The maximum atomic E-state index is 14.5. The molecule has 0 saturated heterocycles. The summed E-state index contributed by atoms with van der Waals surface area (Å²) >= 11 is 12.3. The van der Waals surface area contributed by atoms with Crippen LogP contribution in [0.5, 0.6) is 0 Å². The monoisotopic (exact) mass is 602 g/mol. The molecule has 0 spiro atoms. The number of rotatable bonds is 7. The molecule has 218 valence electrons. The number of aromatic nitrogens is 3. The van der Waals surface area contributed by atoms with Gasteiger partial charge in [0.1, 0.15) is 0 Å². The number of amides is 1. The molecule has 0 atom stereocenters. The van der Waals surface area contributed by atoms with Gasteiger partial charge in [-0.2, -0.15) is 18.3 Å². The highest BCUT2D eigenvalue weighted by Gasteiger charge is 2.44. The normalized spacial score (nSPS) is 21.7. The Kier molecular flexibility index (Phi) is 8.85. The Morgan fingerprint density at radius 3 is 2.12 bits per heavy atom. The summed E-state index contributed by atoms with van der Waals surface area (Å²) in [6, 6.07) is -1.17. The van der Waals surface area contributed by atoms with Crippen LogP contribution in [-0.4, -0.2) is 55.0 Å². The second-order valence-electron chi connectivity index (χ2n) is 11.4. The van der Waals surface area contributed by atoms with Crippen molar-refractivity contribution in [1.29, 1.82) is 0 Å². The third-order valence-electron chi connectivity index (χ3n) is 8.14. The van der Waals surface area contributed by atoms with Crippen LogP contribution in [0.1, 0.15) is 97.7 Å². The maximum Gasteiger partial charge on any atom is 0.433 e. The molecule has 2 aromatic heterocycles. The van der Waals surface area contributed by atoms with Crippen LogP contribution >= 0.6 is 23.2 Å². The summed E-state index contributed by atoms with van der Waals surface area (Å²) in [5, 5.41) is 13.2. The summed E-state index contributed by atoms with van der Waals surface area (Å²) in [6.07, 6.45) is 1.76. The van der Waals surface area contributed by atoms with Crippen molar-refractivity contribution >= 4 is 40.9 Å². The molecule has 0 aromatic carbocycles. The van der Waals surface area contributed by atoms with Crippen LogP contribution in [0.2, 0.25) is 10.0 Å². The molecule has 2 heterocycles. The third kappa shape index (κ3) is 6.46. The predicted octanol–water partition coefficient (Wildman–Crippen LogP) is 6.71. The Morgan fingerprint density at radius 2 is 1.60 bits per heavy atom. The van der Waals surface area contributed by atoms with Crippen molar-refractivity contribution in [2.75, 3.05) is 6.54 Å². The molecule has 2 fully saturated rings. The van der Waals surface area contributed by atoms with E-state index in [2.05, 4.69) is 23.9 Å². The van der Waals surface area contributed by atoms with Crippen molar-refractivity contribution in [3.8, 4) is 0 Å². The summed E-state index contributed by atoms with van der Waals surface area (Å²) in [5.41, 5.74) is -1.87. The van der Waals surface area contributed by atoms with Crippen LogP contribution in [0.3, 0.4) is 0 Å². The molecule has 40 heavy (non-hydrogen) atoms. The quantitative estimate of drug-likeness (QED) is 0.353. The summed E-state index contributed by atoms with van der Waals surface area (Å²) < 4.78 is 44.2. The molecule has 0 bridgehead atoms. The summed E-state index contributed by atoms with van der Waals surface area (Å²) in [4.78, 5) is 43.6. The first-order valence-electron chi connectivity index (χ1n) is 13.2. The van der Waals surface area contributed by atoms with Gasteiger partial charge in [-0.25, -0.2) is 0 Å². The zero-order valence-electron chi connectivity index (χ0n) is 22.2. The van der Waals surface area contributed by atoms with Gasteiger partial charge in [0.25, 0.3) is 5.91 Å². The maximum absolute atomic E-state index is 14.5. The van der Waals surface area contributed by atoms with E-state index in [1.165, 1.54) is 17.3 Å². The number of hydrogen-bond acceptors (Lipinski definition) is 5. The highest BCUT2D eigenvalue weighted by Crippen LogP contribution is 2.41. The lowest BCUT2D eigenvalue weighted by molar-refractivity contribution is -0.147. The van der Waals surface area contributed by atoms with Gasteiger partial charge < -0.3 is 10.0 Å². The van der Waals surface area contributed by atoms with Crippen molar-refractivity contribution in [2.45, 2.75) is 83.5 Å². The van der Waals surface area contributed by atoms with Crippen molar-refractivity contribution in [1.82, 2.24) is 19.7 Å². The average Bonchev–Trinajstić information content (AvgIpc) is 3.33. The lowest BCUT2D eigenvalue weighted by atomic mass is 9.75. The van der Waals surface area contributed by atoms with Gasteiger partial charge in [-0.05, 0) is 56.8 Å². The van der Waals surface area contributed by atoms with E-state index in [1.807, 2.05) is 0 Å². The van der Waals surface area contributed by atoms with Crippen LogP contribution < -0.4 is 0 Å². The van der Waals surface area contributed by atoms with E-state index >= 15 is 0 Å². The van der Waals surface area contributed by atoms with Crippen LogP contribution in [0.15, 0.2) is 18.6 Å². The highest BCUT2D eigenvalue weighted by atomic mass is 35.5. The van der Waals surface area contributed by atoms with E-state index in [0.717, 1.165) is 23.7 Å². The Bertz CT molecular complexity index is 1260. The number of carboxylic acids is 1. The number of ketones is 1. The molecule has 2 aromatic rings. The van der Waals surface area contributed by atoms with Crippen molar-refractivity contribution in [2.24, 2.45) is 11.3 Å². The number of carbonyl (C=O) groups excluding carboxylic acids is 2. The number of hydrogen-bond donors (Lipinski definition) is 1. The first-order chi connectivity index (χ1) is 18.7. The molecule has 0 unspecified atom stereocenters. The highest BCUT2D eigenvalue weighted by molar-refractivity contribution is 6.39. The third-order valence-corrected chi connectivity index (χ3v) is 8.72. The molecule has 2 aliphatic rings. The van der Waals surface area contributed by atoms with Gasteiger partial charge in [-0.1, -0.05) is 37.0 Å². The Morgan fingerprint density at radius 1 is 1.02 bits per heavy atom. The van der Waals surface area contributed by atoms with E-state index in [-0.39, 0.29) is 46.7 Å². The van der Waals surface area contributed by atoms with Gasteiger partial charge in [0.05, 0.1) is 45.9 Å². The second kappa shape index (κ2) is 11.7. The van der Waals surface area contributed by atoms with Gasteiger partial charge in [-0.15, -0.1) is 0 Å². The second-order valence-corrected chi connectivity index (χ2v) is 12.2. The largest absolute Gasteiger partial charge is 0.481 e. The first kappa shape index (κ1) is 30.3. The van der Waals surface area contributed by atoms with Crippen molar-refractivity contribution in [3.05, 3.63) is 45.5 Å². The van der Waals surface area contributed by atoms with Gasteiger partial charge in [0.2, 0.25) is 0 Å². The molecule has 1 N–H and O–H groups in total. The van der Waals surface area contributed by atoms with Crippen LogP contribution in [0.25, 0.3) is 0 Å².